The Labute approximate surface area is 206 Å². The highest BCUT2D eigenvalue weighted by Gasteiger charge is 2.16. The Morgan fingerprint density at radius 2 is 1.91 bits per heavy atom. The van der Waals surface area contributed by atoms with Crippen LogP contribution in [0, 0.1) is 18.2 Å². The first-order valence-corrected chi connectivity index (χ1v) is 10.9. The molecule has 0 aliphatic carbocycles. The topological polar surface area (TPSA) is 104 Å². The molecule has 0 fully saturated rings. The zero-order valence-electron chi connectivity index (χ0n) is 18.9. The van der Waals surface area contributed by atoms with Crippen LogP contribution in [0.1, 0.15) is 21.7 Å². The summed E-state index contributed by atoms with van der Waals surface area (Å²) in [6.45, 7) is 1.68. The van der Waals surface area contributed by atoms with Crippen LogP contribution in [0.3, 0.4) is 0 Å². The van der Waals surface area contributed by atoms with E-state index >= 15 is 0 Å². The van der Waals surface area contributed by atoms with Crippen molar-refractivity contribution in [3.8, 4) is 28.3 Å². The van der Waals surface area contributed by atoms with E-state index in [1.165, 1.54) is 12.1 Å². The first-order chi connectivity index (χ1) is 16.8. The van der Waals surface area contributed by atoms with Crippen LogP contribution in [-0.2, 0) is 0 Å². The summed E-state index contributed by atoms with van der Waals surface area (Å²) in [5, 5.41) is 10.1. The fourth-order valence-corrected chi connectivity index (χ4v) is 3.48. The van der Waals surface area contributed by atoms with E-state index in [4.69, 9.17) is 21.7 Å². The summed E-state index contributed by atoms with van der Waals surface area (Å²) in [6, 6.07) is 15.0. The van der Waals surface area contributed by atoms with Gasteiger partial charge in [-0.2, -0.15) is 0 Å². The lowest BCUT2D eigenvalue weighted by Gasteiger charge is -2.08. The second kappa shape index (κ2) is 10.3. The maximum absolute atomic E-state index is 13.9. The number of methoxy groups -OCH3 is 1. The first kappa shape index (κ1) is 23.8. The molecule has 176 valence electrons. The van der Waals surface area contributed by atoms with Crippen molar-refractivity contribution in [3.63, 3.8) is 0 Å². The predicted molar refractivity (Wildman–Crippen MR) is 136 cm³/mol. The molecule has 2 aromatic heterocycles. The Morgan fingerprint density at radius 3 is 2.60 bits per heavy atom. The molecule has 2 aromatic carbocycles. The highest BCUT2D eigenvalue weighted by Crippen LogP contribution is 2.32. The molecular formula is C26H21ClFN5O2. The summed E-state index contributed by atoms with van der Waals surface area (Å²) < 4.78 is 19.0. The number of aryl methyl sites for hydroxylation is 1. The molecule has 0 atom stereocenters. The maximum Gasteiger partial charge on any atom is 0.256 e. The number of amides is 1. The number of carbonyl (C=O) groups excluding carboxylic acids is 1. The molecule has 0 aliphatic rings. The average molecular weight is 490 g/mol. The minimum absolute atomic E-state index is 0.144. The zero-order chi connectivity index (χ0) is 24.9. The number of carbonyl (C=O) groups is 1. The lowest BCUT2D eigenvalue weighted by molar-refractivity contribution is 0.102. The van der Waals surface area contributed by atoms with E-state index in [-0.39, 0.29) is 16.9 Å². The first-order valence-electron chi connectivity index (χ1n) is 10.5. The molecular weight excluding hydrogens is 469 g/mol. The van der Waals surface area contributed by atoms with E-state index in [9.17, 15) is 9.18 Å². The highest BCUT2D eigenvalue weighted by atomic mass is 35.5. The Kier molecular flexibility index (Phi) is 7.03. The quantitative estimate of drug-likeness (QED) is 0.274. The lowest BCUT2D eigenvalue weighted by Crippen LogP contribution is -2.12. The summed E-state index contributed by atoms with van der Waals surface area (Å²) in [7, 11) is 1.56. The van der Waals surface area contributed by atoms with Gasteiger partial charge >= 0.3 is 0 Å². The van der Waals surface area contributed by atoms with Crippen molar-refractivity contribution in [3.05, 3.63) is 89.6 Å². The van der Waals surface area contributed by atoms with E-state index in [1.807, 2.05) is 0 Å². The van der Waals surface area contributed by atoms with Gasteiger partial charge in [-0.25, -0.2) is 14.4 Å². The Bertz CT molecular complexity index is 1430. The second-order valence-electron chi connectivity index (χ2n) is 7.60. The molecule has 3 N–H and O–H groups in total. The number of benzene rings is 2. The fourth-order valence-electron chi connectivity index (χ4n) is 3.42. The number of aromatic nitrogens is 3. The normalized spacial score (nSPS) is 11.0. The molecule has 0 saturated carbocycles. The summed E-state index contributed by atoms with van der Waals surface area (Å²) in [6.07, 6.45) is 4.55. The van der Waals surface area contributed by atoms with Crippen LogP contribution < -0.4 is 10.1 Å². The van der Waals surface area contributed by atoms with Crippen LogP contribution in [0.2, 0.25) is 0 Å². The monoisotopic (exact) mass is 489 g/mol. The molecule has 2 heterocycles. The summed E-state index contributed by atoms with van der Waals surface area (Å²) >= 11 is 5.64. The smallest absolute Gasteiger partial charge is 0.256 e. The standard InChI is InChI=1S/C26H21ClFN5O2/c1-15-13-17(5-8-20(15)28)24-25(32-22(31-24)10-9-21(27)29)18-11-12-30-23(14-18)33-26(34)16-3-6-19(35-2)7-4-16/h3-14,29H,1-2H3,(H,31,32)(H,30,33,34)/b10-9-,29-21?. The third kappa shape index (κ3) is 5.62. The number of nitrogens with zero attached hydrogens (tertiary/aromatic N) is 2. The number of pyridine rings is 1. The predicted octanol–water partition coefficient (Wildman–Crippen LogP) is 6.08. The summed E-state index contributed by atoms with van der Waals surface area (Å²) in [4.78, 5) is 24.8. The number of H-pyrrole nitrogens is 1. The third-order valence-electron chi connectivity index (χ3n) is 5.18. The van der Waals surface area contributed by atoms with Crippen molar-refractivity contribution in [2.75, 3.05) is 12.4 Å². The van der Waals surface area contributed by atoms with Crippen LogP contribution in [0.15, 0.2) is 66.9 Å². The SMILES string of the molecule is COc1ccc(C(=O)Nc2cc(-c3[nH]c(/C=C\C(=N)Cl)nc3-c3ccc(F)c(C)c3)ccn2)cc1. The van der Waals surface area contributed by atoms with E-state index in [2.05, 4.69) is 20.3 Å². The lowest BCUT2D eigenvalue weighted by atomic mass is 10.0. The van der Waals surface area contributed by atoms with Crippen LogP contribution in [0.4, 0.5) is 10.2 Å². The Hall–Kier alpha value is -4.30. The molecule has 0 radical (unpaired) electrons. The van der Waals surface area contributed by atoms with Crippen LogP contribution in [0.25, 0.3) is 28.6 Å². The number of hydrogen-bond donors (Lipinski definition) is 3. The number of aromatic amines is 1. The van der Waals surface area contributed by atoms with Crippen molar-refractivity contribution in [2.24, 2.45) is 0 Å². The summed E-state index contributed by atoms with van der Waals surface area (Å²) in [5.74, 6) is 0.829. The average Bonchev–Trinajstić information content (AvgIpc) is 3.29. The maximum atomic E-state index is 13.9. The molecule has 35 heavy (non-hydrogen) atoms. The van der Waals surface area contributed by atoms with Gasteiger partial charge in [-0.1, -0.05) is 11.6 Å². The summed E-state index contributed by atoms with van der Waals surface area (Å²) in [5.41, 5.74) is 3.56. The van der Waals surface area contributed by atoms with Gasteiger partial charge in [-0.15, -0.1) is 0 Å². The van der Waals surface area contributed by atoms with Gasteiger partial charge in [0, 0.05) is 22.9 Å². The third-order valence-corrected chi connectivity index (χ3v) is 5.31. The van der Waals surface area contributed by atoms with E-state index in [1.54, 1.807) is 74.8 Å². The molecule has 9 heteroatoms. The number of nitrogens with one attached hydrogen (secondary N) is 3. The number of halogens is 2. The van der Waals surface area contributed by atoms with Crippen molar-refractivity contribution >= 4 is 34.6 Å². The molecule has 4 aromatic rings. The fraction of sp³-hybridized carbons (Fsp3) is 0.0769. The minimum Gasteiger partial charge on any atom is -0.497 e. The molecule has 0 saturated heterocycles. The number of allylic oxidation sites excluding steroid dienone is 1. The van der Waals surface area contributed by atoms with Gasteiger partial charge in [0.25, 0.3) is 5.91 Å². The number of anilines is 1. The Balaban J connectivity index is 1.70. The molecule has 4 rings (SSSR count). The number of hydrogen-bond acceptors (Lipinski definition) is 5. The van der Waals surface area contributed by atoms with Crippen molar-refractivity contribution in [1.29, 1.82) is 5.41 Å². The minimum atomic E-state index is -0.319. The highest BCUT2D eigenvalue weighted by molar-refractivity contribution is 6.67. The number of imidazole rings is 1. The largest absolute Gasteiger partial charge is 0.497 e. The van der Waals surface area contributed by atoms with Gasteiger partial charge < -0.3 is 15.0 Å². The van der Waals surface area contributed by atoms with Gasteiger partial charge in [0.15, 0.2) is 0 Å². The molecule has 1 amide bonds. The van der Waals surface area contributed by atoms with Crippen LogP contribution in [-0.4, -0.2) is 33.1 Å². The molecule has 0 aliphatic heterocycles. The van der Waals surface area contributed by atoms with Gasteiger partial charge in [0.2, 0.25) is 0 Å². The van der Waals surface area contributed by atoms with E-state index in [0.717, 1.165) is 0 Å². The van der Waals surface area contributed by atoms with E-state index in [0.29, 0.717) is 51.0 Å². The second-order valence-corrected chi connectivity index (χ2v) is 8.01. The molecule has 7 nitrogen and oxygen atoms in total. The van der Waals surface area contributed by atoms with Gasteiger partial charge in [0.05, 0.1) is 18.5 Å². The van der Waals surface area contributed by atoms with Crippen molar-refractivity contribution < 1.29 is 13.9 Å². The molecule has 0 bridgehead atoms. The van der Waals surface area contributed by atoms with Crippen LogP contribution >= 0.6 is 11.6 Å². The van der Waals surface area contributed by atoms with Gasteiger partial charge in [-0.05, 0) is 79.2 Å². The van der Waals surface area contributed by atoms with Crippen molar-refractivity contribution in [2.45, 2.75) is 6.92 Å². The molecule has 0 spiro atoms. The number of ether oxygens (including phenoxy) is 1. The van der Waals surface area contributed by atoms with Crippen LogP contribution in [0.5, 0.6) is 5.75 Å². The number of rotatable bonds is 7. The molecule has 0 unspecified atom stereocenters. The Morgan fingerprint density at radius 1 is 1.14 bits per heavy atom. The van der Waals surface area contributed by atoms with E-state index < -0.39 is 0 Å². The van der Waals surface area contributed by atoms with Gasteiger partial charge in [-0.3, -0.25) is 10.2 Å². The zero-order valence-corrected chi connectivity index (χ0v) is 19.7. The van der Waals surface area contributed by atoms with Crippen molar-refractivity contribution in [1.82, 2.24) is 15.0 Å². The van der Waals surface area contributed by atoms with Gasteiger partial charge in [0.1, 0.15) is 28.4 Å².